The summed E-state index contributed by atoms with van der Waals surface area (Å²) in [6, 6.07) is -0.277. The van der Waals surface area contributed by atoms with E-state index in [9.17, 15) is 14.7 Å². The number of hydrogen-bond donors (Lipinski definition) is 1. The number of carbonyl (C=O) groups excluding carboxylic acids is 2. The molecule has 1 fully saturated rings. The van der Waals surface area contributed by atoms with Crippen LogP contribution in [-0.2, 0) is 19.1 Å². The zero-order valence-electron chi connectivity index (χ0n) is 12.3. The van der Waals surface area contributed by atoms with Crippen LogP contribution in [0.2, 0.25) is 0 Å². The Balaban J connectivity index is 2.63. The van der Waals surface area contributed by atoms with E-state index < -0.39 is 6.10 Å². The van der Waals surface area contributed by atoms with Crippen molar-refractivity contribution in [1.29, 1.82) is 0 Å². The number of amides is 1. The summed E-state index contributed by atoms with van der Waals surface area (Å²) >= 11 is 0. The van der Waals surface area contributed by atoms with Crippen molar-refractivity contribution in [1.82, 2.24) is 4.90 Å². The van der Waals surface area contributed by atoms with Crippen LogP contribution in [0.25, 0.3) is 0 Å². The van der Waals surface area contributed by atoms with E-state index in [2.05, 4.69) is 0 Å². The Morgan fingerprint density at radius 1 is 1.45 bits per heavy atom. The quantitative estimate of drug-likeness (QED) is 0.666. The van der Waals surface area contributed by atoms with Crippen LogP contribution in [0.15, 0.2) is 0 Å². The van der Waals surface area contributed by atoms with Crippen molar-refractivity contribution in [3.05, 3.63) is 0 Å². The van der Waals surface area contributed by atoms with E-state index in [1.807, 2.05) is 6.92 Å². The third-order valence-electron chi connectivity index (χ3n) is 3.47. The smallest absolute Gasteiger partial charge is 0.307 e. The van der Waals surface area contributed by atoms with Gasteiger partial charge in [0.25, 0.3) is 5.91 Å². The molecule has 2 atom stereocenters. The van der Waals surface area contributed by atoms with E-state index in [1.54, 1.807) is 11.8 Å². The molecule has 116 valence electrons. The van der Waals surface area contributed by atoms with Gasteiger partial charge in [-0.2, -0.15) is 0 Å². The zero-order valence-corrected chi connectivity index (χ0v) is 12.3. The maximum Gasteiger partial charge on any atom is 0.307 e. The first-order valence-electron chi connectivity index (χ1n) is 7.32. The summed E-state index contributed by atoms with van der Waals surface area (Å²) < 4.78 is 10.3. The van der Waals surface area contributed by atoms with Gasteiger partial charge in [-0.15, -0.1) is 0 Å². The maximum atomic E-state index is 12.4. The van der Waals surface area contributed by atoms with Gasteiger partial charge in [0.2, 0.25) is 0 Å². The largest absolute Gasteiger partial charge is 0.466 e. The highest BCUT2D eigenvalue weighted by molar-refractivity contribution is 5.82. The molecule has 2 unspecified atom stereocenters. The third kappa shape index (κ3) is 4.76. The van der Waals surface area contributed by atoms with Crippen molar-refractivity contribution in [2.45, 2.75) is 51.7 Å². The number of aliphatic hydroxyl groups excluding tert-OH is 1. The molecule has 0 aromatic heterocycles. The Morgan fingerprint density at radius 3 is 2.70 bits per heavy atom. The number of ether oxygens (including phenoxy) is 2. The highest BCUT2D eigenvalue weighted by Crippen LogP contribution is 2.17. The van der Waals surface area contributed by atoms with Crippen LogP contribution in [0.3, 0.4) is 0 Å². The molecule has 0 radical (unpaired) electrons. The molecule has 1 N–H and O–H groups in total. The van der Waals surface area contributed by atoms with Gasteiger partial charge in [0.15, 0.2) is 0 Å². The van der Waals surface area contributed by atoms with Crippen LogP contribution in [-0.4, -0.2) is 60.4 Å². The van der Waals surface area contributed by atoms with Crippen molar-refractivity contribution in [2.24, 2.45) is 0 Å². The molecule has 0 saturated carbocycles. The molecule has 1 saturated heterocycles. The summed E-state index contributed by atoms with van der Waals surface area (Å²) in [6.07, 6.45) is 1.92. The minimum atomic E-state index is -0.433. The number of aliphatic hydroxyl groups is 1. The fourth-order valence-corrected chi connectivity index (χ4v) is 2.32. The van der Waals surface area contributed by atoms with Crippen molar-refractivity contribution >= 4 is 11.9 Å². The predicted molar refractivity (Wildman–Crippen MR) is 73.1 cm³/mol. The summed E-state index contributed by atoms with van der Waals surface area (Å²) in [5.41, 5.74) is 0. The molecule has 0 spiro atoms. The van der Waals surface area contributed by atoms with Gasteiger partial charge in [0, 0.05) is 13.2 Å². The molecule has 1 aliphatic rings. The number of rotatable bonds is 8. The number of hydrogen-bond acceptors (Lipinski definition) is 5. The average Bonchev–Trinajstić information content (AvgIpc) is 2.97. The second-order valence-corrected chi connectivity index (χ2v) is 4.83. The highest BCUT2D eigenvalue weighted by Gasteiger charge is 2.31. The average molecular weight is 287 g/mol. The molecule has 1 amide bonds. The molecule has 1 aliphatic heterocycles. The summed E-state index contributed by atoms with van der Waals surface area (Å²) in [4.78, 5) is 25.4. The van der Waals surface area contributed by atoms with Gasteiger partial charge in [-0.05, 0) is 26.2 Å². The predicted octanol–water partition coefficient (Wildman–Crippen LogP) is 0.718. The van der Waals surface area contributed by atoms with Crippen LogP contribution in [0.1, 0.15) is 39.5 Å². The van der Waals surface area contributed by atoms with Gasteiger partial charge >= 0.3 is 5.97 Å². The second-order valence-electron chi connectivity index (χ2n) is 4.83. The highest BCUT2D eigenvalue weighted by atomic mass is 16.5. The van der Waals surface area contributed by atoms with Crippen LogP contribution >= 0.6 is 0 Å². The Morgan fingerprint density at radius 2 is 2.20 bits per heavy atom. The summed E-state index contributed by atoms with van der Waals surface area (Å²) in [5.74, 6) is -0.460. The molecule has 1 rings (SSSR count). The molecule has 20 heavy (non-hydrogen) atoms. The summed E-state index contributed by atoms with van der Waals surface area (Å²) in [5, 5.41) is 9.41. The van der Waals surface area contributed by atoms with E-state index in [1.165, 1.54) is 0 Å². The van der Waals surface area contributed by atoms with Gasteiger partial charge in [0.1, 0.15) is 6.10 Å². The molecule has 0 aliphatic carbocycles. The van der Waals surface area contributed by atoms with Gasteiger partial charge < -0.3 is 19.5 Å². The van der Waals surface area contributed by atoms with E-state index in [-0.39, 0.29) is 37.5 Å². The molecule has 0 aromatic rings. The Hall–Kier alpha value is -1.14. The van der Waals surface area contributed by atoms with Gasteiger partial charge in [0.05, 0.1) is 25.7 Å². The lowest BCUT2D eigenvalue weighted by molar-refractivity contribution is -0.148. The van der Waals surface area contributed by atoms with E-state index in [0.717, 1.165) is 6.42 Å². The summed E-state index contributed by atoms with van der Waals surface area (Å²) in [7, 11) is 0. The molecule has 0 bridgehead atoms. The number of nitrogens with zero attached hydrogens (tertiary/aromatic N) is 1. The molecular weight excluding hydrogens is 262 g/mol. The number of esters is 1. The van der Waals surface area contributed by atoms with Crippen LogP contribution in [0.5, 0.6) is 0 Å². The monoisotopic (exact) mass is 287 g/mol. The minimum absolute atomic E-state index is 0.113. The van der Waals surface area contributed by atoms with Gasteiger partial charge in [-0.25, -0.2) is 0 Å². The van der Waals surface area contributed by atoms with E-state index >= 15 is 0 Å². The van der Waals surface area contributed by atoms with Crippen LogP contribution in [0, 0.1) is 0 Å². The fourth-order valence-electron chi connectivity index (χ4n) is 2.32. The Labute approximate surface area is 120 Å². The SMILES string of the molecule is CCOC(=O)CCN(C(=O)C1CCCO1)C(CC)CO. The minimum Gasteiger partial charge on any atom is -0.466 e. The second kappa shape index (κ2) is 8.92. The van der Waals surface area contributed by atoms with Gasteiger partial charge in [-0.3, -0.25) is 9.59 Å². The van der Waals surface area contributed by atoms with Gasteiger partial charge in [-0.1, -0.05) is 6.92 Å². The molecule has 0 aromatic carbocycles. The molecule has 6 heteroatoms. The first kappa shape index (κ1) is 16.9. The zero-order chi connectivity index (χ0) is 15.0. The van der Waals surface area contributed by atoms with Crippen molar-refractivity contribution < 1.29 is 24.2 Å². The van der Waals surface area contributed by atoms with E-state index in [4.69, 9.17) is 9.47 Å². The maximum absolute atomic E-state index is 12.4. The lowest BCUT2D eigenvalue weighted by atomic mass is 10.1. The third-order valence-corrected chi connectivity index (χ3v) is 3.47. The molecular formula is C14H25NO5. The molecule has 6 nitrogen and oxygen atoms in total. The number of carbonyl (C=O) groups is 2. The van der Waals surface area contributed by atoms with Crippen LogP contribution < -0.4 is 0 Å². The molecule has 1 heterocycles. The Kier molecular flexibility index (Phi) is 7.54. The van der Waals surface area contributed by atoms with Crippen LogP contribution in [0.4, 0.5) is 0 Å². The van der Waals surface area contributed by atoms with Crippen molar-refractivity contribution in [3.8, 4) is 0 Å². The van der Waals surface area contributed by atoms with E-state index in [0.29, 0.717) is 26.1 Å². The topological polar surface area (TPSA) is 76.1 Å². The first-order valence-corrected chi connectivity index (χ1v) is 7.32. The fraction of sp³-hybridized carbons (Fsp3) is 0.857. The van der Waals surface area contributed by atoms with Crippen molar-refractivity contribution in [2.75, 3.05) is 26.4 Å². The normalized spacial score (nSPS) is 19.6. The lowest BCUT2D eigenvalue weighted by Gasteiger charge is -2.31. The van der Waals surface area contributed by atoms with Crippen molar-refractivity contribution in [3.63, 3.8) is 0 Å². The summed E-state index contributed by atoms with van der Waals surface area (Å²) in [6.45, 7) is 4.72. The Bertz CT molecular complexity index is 311. The standard InChI is InChI=1S/C14H25NO5/c1-3-11(10-16)15(8-7-13(17)19-4-2)14(18)12-6-5-9-20-12/h11-12,16H,3-10H2,1-2H3. The lowest BCUT2D eigenvalue weighted by Crippen LogP contribution is -2.47. The first-order chi connectivity index (χ1) is 9.63.